The Kier molecular flexibility index (Phi) is 3.02. The van der Waals surface area contributed by atoms with Gasteiger partial charge in [0.25, 0.3) is 0 Å². The highest BCUT2D eigenvalue weighted by Crippen LogP contribution is 1.97. The average Bonchev–Trinajstić information content (AvgIpc) is 2.32. The molecule has 4 nitrogen and oxygen atoms in total. The molecule has 1 N–H and O–H groups in total. The third-order valence-electron chi connectivity index (χ3n) is 1.76. The van der Waals surface area contributed by atoms with Crippen molar-refractivity contribution < 1.29 is 0 Å². The first kappa shape index (κ1) is 9.33. The third-order valence-corrected chi connectivity index (χ3v) is 1.76. The van der Waals surface area contributed by atoms with E-state index in [1.165, 1.54) is 0 Å². The highest BCUT2D eigenvalue weighted by Gasteiger charge is 1.87. The van der Waals surface area contributed by atoms with E-state index in [1.54, 1.807) is 24.8 Å². The third kappa shape index (κ3) is 2.87. The molecule has 2 rings (SSSR count). The Morgan fingerprint density at radius 1 is 1.13 bits per heavy atom. The minimum atomic E-state index is 0.629. The summed E-state index contributed by atoms with van der Waals surface area (Å²) in [7, 11) is 0. The molecule has 15 heavy (non-hydrogen) atoms. The molecule has 74 valence electrons. The van der Waals surface area contributed by atoms with Crippen molar-refractivity contribution in [1.29, 1.82) is 0 Å². The lowest BCUT2D eigenvalue weighted by molar-refractivity contribution is 1.16. The van der Waals surface area contributed by atoms with Gasteiger partial charge in [0, 0.05) is 12.4 Å². The molecular weight excluding hydrogens is 188 g/mol. The van der Waals surface area contributed by atoms with Gasteiger partial charge in [-0.2, -0.15) is 5.10 Å². The molecule has 0 unspecified atom stereocenters. The summed E-state index contributed by atoms with van der Waals surface area (Å²) in [5.74, 6) is 0.629. The largest absolute Gasteiger partial charge is 0.260 e. The molecule has 0 radical (unpaired) electrons. The number of nitrogens with zero attached hydrogens (tertiary/aromatic N) is 3. The van der Waals surface area contributed by atoms with Crippen LogP contribution in [0.15, 0.2) is 54.0 Å². The predicted octanol–water partition coefficient (Wildman–Crippen LogP) is 1.92. The second-order valence-corrected chi connectivity index (χ2v) is 2.87. The van der Waals surface area contributed by atoms with Crippen molar-refractivity contribution in [2.45, 2.75) is 0 Å². The molecule has 0 fully saturated rings. The van der Waals surface area contributed by atoms with Crippen LogP contribution in [-0.4, -0.2) is 16.2 Å². The van der Waals surface area contributed by atoms with Crippen molar-refractivity contribution in [2.75, 3.05) is 5.43 Å². The van der Waals surface area contributed by atoms with Crippen LogP contribution in [0.2, 0.25) is 0 Å². The van der Waals surface area contributed by atoms with Gasteiger partial charge in [0.2, 0.25) is 0 Å². The number of hydrogen-bond donors (Lipinski definition) is 1. The summed E-state index contributed by atoms with van der Waals surface area (Å²) in [5, 5.41) is 4.03. The first-order valence-corrected chi connectivity index (χ1v) is 4.55. The monoisotopic (exact) mass is 198 g/mol. The van der Waals surface area contributed by atoms with Gasteiger partial charge in [0.15, 0.2) is 5.82 Å². The lowest BCUT2D eigenvalue weighted by Gasteiger charge is -1.96. The van der Waals surface area contributed by atoms with E-state index in [9.17, 15) is 0 Å². The van der Waals surface area contributed by atoms with Crippen LogP contribution in [0.1, 0.15) is 5.56 Å². The maximum atomic E-state index is 4.03. The molecule has 1 aromatic heterocycles. The van der Waals surface area contributed by atoms with Crippen molar-refractivity contribution in [3.63, 3.8) is 0 Å². The number of hydrogen-bond acceptors (Lipinski definition) is 4. The molecule has 0 saturated heterocycles. The number of aromatic nitrogens is 2. The molecule has 2 aromatic rings. The first-order chi connectivity index (χ1) is 7.45. The van der Waals surface area contributed by atoms with Crippen molar-refractivity contribution in [1.82, 2.24) is 9.97 Å². The Morgan fingerprint density at radius 2 is 2.00 bits per heavy atom. The fourth-order valence-corrected chi connectivity index (χ4v) is 1.07. The Labute approximate surface area is 87.7 Å². The van der Waals surface area contributed by atoms with Crippen LogP contribution in [0.25, 0.3) is 0 Å². The zero-order chi connectivity index (χ0) is 10.3. The molecule has 0 aliphatic rings. The summed E-state index contributed by atoms with van der Waals surface area (Å²) in [6.07, 6.45) is 6.57. The quantitative estimate of drug-likeness (QED) is 0.605. The van der Waals surface area contributed by atoms with Gasteiger partial charge < -0.3 is 0 Å². The average molecular weight is 198 g/mol. The maximum absolute atomic E-state index is 4.03. The zero-order valence-electron chi connectivity index (χ0n) is 8.04. The Hall–Kier alpha value is -2.23. The van der Waals surface area contributed by atoms with Crippen LogP contribution in [0.5, 0.6) is 0 Å². The summed E-state index contributed by atoms with van der Waals surface area (Å²) in [5.41, 5.74) is 3.82. The molecule has 4 heteroatoms. The molecule has 0 saturated carbocycles. The summed E-state index contributed by atoms with van der Waals surface area (Å²) in [6.45, 7) is 0. The Bertz CT molecular complexity index is 425. The second kappa shape index (κ2) is 4.85. The standard InChI is InChI=1S/C11H10N4/c1-2-4-10(5-3-1)8-14-15-11-9-12-6-7-13-11/h1-9H,(H,13,15)/b14-8+. The number of nitrogens with one attached hydrogen (secondary N) is 1. The predicted molar refractivity (Wildman–Crippen MR) is 59.7 cm³/mol. The van der Waals surface area contributed by atoms with E-state index >= 15 is 0 Å². The minimum absolute atomic E-state index is 0.629. The van der Waals surface area contributed by atoms with Crippen molar-refractivity contribution in [2.24, 2.45) is 5.10 Å². The highest BCUT2D eigenvalue weighted by atomic mass is 15.3. The van der Waals surface area contributed by atoms with Gasteiger partial charge in [0.1, 0.15) is 0 Å². The molecule has 0 atom stereocenters. The number of benzene rings is 1. The Morgan fingerprint density at radius 3 is 2.73 bits per heavy atom. The first-order valence-electron chi connectivity index (χ1n) is 4.55. The van der Waals surface area contributed by atoms with E-state index in [0.717, 1.165) is 5.56 Å². The highest BCUT2D eigenvalue weighted by molar-refractivity contribution is 5.79. The van der Waals surface area contributed by atoms with Crippen molar-refractivity contribution in [3.05, 3.63) is 54.5 Å². The molecule has 0 bridgehead atoms. The van der Waals surface area contributed by atoms with Gasteiger partial charge in [-0.15, -0.1) is 0 Å². The smallest absolute Gasteiger partial charge is 0.164 e. The molecule has 0 aliphatic heterocycles. The van der Waals surface area contributed by atoms with E-state index < -0.39 is 0 Å². The van der Waals surface area contributed by atoms with Gasteiger partial charge in [-0.3, -0.25) is 10.4 Å². The summed E-state index contributed by atoms with van der Waals surface area (Å²) >= 11 is 0. The van der Waals surface area contributed by atoms with E-state index in [4.69, 9.17) is 0 Å². The van der Waals surface area contributed by atoms with Gasteiger partial charge in [-0.1, -0.05) is 30.3 Å². The van der Waals surface area contributed by atoms with Crippen molar-refractivity contribution in [3.8, 4) is 0 Å². The normalized spacial score (nSPS) is 10.4. The van der Waals surface area contributed by atoms with Gasteiger partial charge in [-0.25, -0.2) is 4.98 Å². The Balaban J connectivity index is 1.97. The molecule has 0 spiro atoms. The van der Waals surface area contributed by atoms with E-state index in [0.29, 0.717) is 5.82 Å². The molecule has 0 amide bonds. The SMILES string of the molecule is C(=N\Nc1cnccn1)/c1ccccc1. The lowest BCUT2D eigenvalue weighted by Crippen LogP contribution is -1.93. The second-order valence-electron chi connectivity index (χ2n) is 2.87. The molecular formula is C11H10N4. The van der Waals surface area contributed by atoms with Gasteiger partial charge in [-0.05, 0) is 5.56 Å². The summed E-state index contributed by atoms with van der Waals surface area (Å²) in [6, 6.07) is 9.84. The van der Waals surface area contributed by atoms with E-state index in [-0.39, 0.29) is 0 Å². The van der Waals surface area contributed by atoms with Crippen LogP contribution in [-0.2, 0) is 0 Å². The van der Waals surface area contributed by atoms with E-state index in [2.05, 4.69) is 20.5 Å². The fraction of sp³-hybridized carbons (Fsp3) is 0. The van der Waals surface area contributed by atoms with Crippen LogP contribution >= 0.6 is 0 Å². The molecule has 0 aliphatic carbocycles. The van der Waals surface area contributed by atoms with Crippen molar-refractivity contribution >= 4 is 12.0 Å². The fourth-order valence-electron chi connectivity index (χ4n) is 1.07. The number of hydrazone groups is 1. The van der Waals surface area contributed by atoms with E-state index in [1.807, 2.05) is 30.3 Å². The number of rotatable bonds is 3. The summed E-state index contributed by atoms with van der Waals surface area (Å²) in [4.78, 5) is 7.93. The van der Waals surface area contributed by atoms with Crippen LogP contribution in [0.3, 0.4) is 0 Å². The van der Waals surface area contributed by atoms with Gasteiger partial charge in [0.05, 0.1) is 12.4 Å². The molecule has 1 heterocycles. The molecule has 1 aromatic carbocycles. The summed E-state index contributed by atoms with van der Waals surface area (Å²) < 4.78 is 0. The lowest BCUT2D eigenvalue weighted by atomic mass is 10.2. The van der Waals surface area contributed by atoms with Gasteiger partial charge >= 0.3 is 0 Å². The topological polar surface area (TPSA) is 50.2 Å². The minimum Gasteiger partial charge on any atom is -0.260 e. The van der Waals surface area contributed by atoms with Crippen LogP contribution < -0.4 is 5.43 Å². The van der Waals surface area contributed by atoms with Crippen LogP contribution in [0, 0.1) is 0 Å². The zero-order valence-corrected chi connectivity index (χ0v) is 8.04. The van der Waals surface area contributed by atoms with Crippen LogP contribution in [0.4, 0.5) is 5.82 Å². The maximum Gasteiger partial charge on any atom is 0.164 e. The number of anilines is 1.